The minimum atomic E-state index is -0.226. The van der Waals surface area contributed by atoms with Crippen molar-refractivity contribution >= 4 is 5.71 Å². The molecule has 0 saturated carbocycles. The van der Waals surface area contributed by atoms with Crippen LogP contribution in [-0.2, 0) is 0 Å². The average molecular weight is 402 g/mol. The number of ether oxygens (including phenoxy) is 2. The van der Waals surface area contributed by atoms with Crippen LogP contribution in [-0.4, -0.2) is 24.5 Å². The van der Waals surface area contributed by atoms with Crippen LogP contribution in [0.2, 0.25) is 0 Å². The van der Waals surface area contributed by atoms with Crippen molar-refractivity contribution in [1.29, 1.82) is 0 Å². The van der Waals surface area contributed by atoms with Crippen LogP contribution in [0.3, 0.4) is 0 Å². The van der Waals surface area contributed by atoms with Crippen LogP contribution in [0.4, 0.5) is 0 Å². The number of benzene rings is 3. The Bertz CT molecular complexity index is 1010. The van der Waals surface area contributed by atoms with Gasteiger partial charge < -0.3 is 14.6 Å². The summed E-state index contributed by atoms with van der Waals surface area (Å²) in [6.07, 6.45) is 0.453. The maximum atomic E-state index is 10.4. The molecule has 5 heteroatoms. The van der Waals surface area contributed by atoms with Gasteiger partial charge in [0, 0.05) is 23.7 Å². The van der Waals surface area contributed by atoms with Crippen LogP contribution in [0.1, 0.15) is 42.2 Å². The molecule has 0 aromatic heterocycles. The molecule has 1 aliphatic heterocycles. The van der Waals surface area contributed by atoms with Gasteiger partial charge in [-0.3, -0.25) is 10.3 Å². The Morgan fingerprint density at radius 3 is 2.33 bits per heavy atom. The molecular formula is C25H26N2O3. The van der Waals surface area contributed by atoms with Gasteiger partial charge in [-0.05, 0) is 60.5 Å². The molecule has 154 valence electrons. The van der Waals surface area contributed by atoms with Crippen molar-refractivity contribution in [1.82, 2.24) is 5.32 Å². The average Bonchev–Trinajstić information content (AvgIpc) is 2.80. The second-order valence-corrected chi connectivity index (χ2v) is 7.19. The van der Waals surface area contributed by atoms with Crippen molar-refractivity contribution in [3.63, 3.8) is 0 Å². The Balaban J connectivity index is 1.70. The number of methoxy groups -OCH3 is 1. The summed E-state index contributed by atoms with van der Waals surface area (Å²) < 4.78 is 10.9. The minimum absolute atomic E-state index is 0.0580. The maximum Gasteiger partial charge on any atom is 0.126 e. The number of para-hydroxylation sites is 1. The molecule has 2 atom stereocenters. The Morgan fingerprint density at radius 2 is 1.67 bits per heavy atom. The van der Waals surface area contributed by atoms with E-state index in [0.29, 0.717) is 13.0 Å². The Kier molecular flexibility index (Phi) is 6.00. The smallest absolute Gasteiger partial charge is 0.126 e. The van der Waals surface area contributed by atoms with Gasteiger partial charge in [0.25, 0.3) is 0 Å². The number of aliphatic imine (C=N–C) groups is 1. The quantitative estimate of drug-likeness (QED) is 0.608. The number of nitrogens with zero attached hydrogens (tertiary/aromatic N) is 1. The third-order valence-corrected chi connectivity index (χ3v) is 5.28. The van der Waals surface area contributed by atoms with Crippen molar-refractivity contribution in [3.8, 4) is 17.2 Å². The predicted octanol–water partition coefficient (Wildman–Crippen LogP) is 5.02. The fourth-order valence-corrected chi connectivity index (χ4v) is 3.73. The molecule has 2 unspecified atom stereocenters. The van der Waals surface area contributed by atoms with Crippen LogP contribution in [0, 0.1) is 0 Å². The lowest BCUT2D eigenvalue weighted by atomic mass is 9.93. The van der Waals surface area contributed by atoms with E-state index in [0.717, 1.165) is 33.9 Å². The molecule has 0 spiro atoms. The van der Waals surface area contributed by atoms with E-state index in [1.165, 1.54) is 0 Å². The molecule has 4 rings (SSSR count). The largest absolute Gasteiger partial charge is 0.508 e. The highest BCUT2D eigenvalue weighted by Gasteiger charge is 2.27. The summed E-state index contributed by atoms with van der Waals surface area (Å²) in [7, 11) is 1.66. The van der Waals surface area contributed by atoms with Gasteiger partial charge in [-0.1, -0.05) is 30.3 Å². The van der Waals surface area contributed by atoms with E-state index in [9.17, 15) is 5.11 Å². The molecule has 0 aliphatic carbocycles. The molecule has 2 N–H and O–H groups in total. The highest BCUT2D eigenvalue weighted by atomic mass is 16.5. The third-order valence-electron chi connectivity index (χ3n) is 5.28. The molecule has 1 heterocycles. The second-order valence-electron chi connectivity index (χ2n) is 7.19. The lowest BCUT2D eigenvalue weighted by Crippen LogP contribution is -2.33. The first kappa shape index (κ1) is 20.0. The standard InChI is InChI=1S/C25H26N2O3/c1-3-30-20-14-8-17(9-15-20)22-16-23(21-6-4-5-7-24(21)28)27-25(26-22)18-10-12-19(29-2)13-11-18/h4-15,23,25,27-28H,3,16H2,1-2H3. The minimum Gasteiger partial charge on any atom is -0.508 e. The van der Waals surface area contributed by atoms with Gasteiger partial charge in [0.1, 0.15) is 23.4 Å². The lowest BCUT2D eigenvalue weighted by molar-refractivity contribution is 0.340. The van der Waals surface area contributed by atoms with Crippen LogP contribution >= 0.6 is 0 Å². The maximum absolute atomic E-state index is 10.4. The zero-order chi connectivity index (χ0) is 20.9. The van der Waals surface area contributed by atoms with Gasteiger partial charge in [0.15, 0.2) is 0 Å². The molecule has 1 aliphatic rings. The van der Waals surface area contributed by atoms with Gasteiger partial charge >= 0.3 is 0 Å². The second kappa shape index (κ2) is 9.01. The number of hydrogen-bond donors (Lipinski definition) is 2. The fraction of sp³-hybridized carbons (Fsp3) is 0.240. The number of phenols is 1. The molecular weight excluding hydrogens is 376 g/mol. The Hall–Kier alpha value is -3.31. The van der Waals surface area contributed by atoms with E-state index in [1.807, 2.05) is 73.7 Å². The number of hydrogen-bond acceptors (Lipinski definition) is 5. The highest BCUT2D eigenvalue weighted by molar-refractivity contribution is 6.01. The van der Waals surface area contributed by atoms with Crippen molar-refractivity contribution in [2.75, 3.05) is 13.7 Å². The third kappa shape index (κ3) is 4.31. The summed E-state index contributed by atoms with van der Waals surface area (Å²) >= 11 is 0. The van der Waals surface area contributed by atoms with Crippen molar-refractivity contribution in [3.05, 3.63) is 89.5 Å². The van der Waals surface area contributed by atoms with Gasteiger partial charge in [-0.15, -0.1) is 0 Å². The normalized spacial score (nSPS) is 18.5. The molecule has 0 radical (unpaired) electrons. The zero-order valence-electron chi connectivity index (χ0n) is 17.2. The Labute approximate surface area is 177 Å². The number of rotatable bonds is 6. The monoisotopic (exact) mass is 402 g/mol. The molecule has 0 fully saturated rings. The molecule has 5 nitrogen and oxygen atoms in total. The van der Waals surface area contributed by atoms with Gasteiger partial charge in [-0.2, -0.15) is 0 Å². The van der Waals surface area contributed by atoms with Crippen molar-refractivity contribution in [2.45, 2.75) is 25.6 Å². The van der Waals surface area contributed by atoms with E-state index in [2.05, 4.69) is 5.32 Å². The van der Waals surface area contributed by atoms with Crippen molar-refractivity contribution in [2.24, 2.45) is 4.99 Å². The van der Waals surface area contributed by atoms with Gasteiger partial charge in [0.2, 0.25) is 0 Å². The summed E-state index contributed by atoms with van der Waals surface area (Å²) in [6, 6.07) is 23.3. The lowest BCUT2D eigenvalue weighted by Gasteiger charge is -2.31. The summed E-state index contributed by atoms with van der Waals surface area (Å²) in [5.74, 6) is 1.94. The molecule has 0 bridgehead atoms. The first-order chi connectivity index (χ1) is 14.7. The predicted molar refractivity (Wildman–Crippen MR) is 118 cm³/mol. The zero-order valence-corrected chi connectivity index (χ0v) is 17.2. The fourth-order valence-electron chi connectivity index (χ4n) is 3.73. The first-order valence-corrected chi connectivity index (χ1v) is 10.2. The van der Waals surface area contributed by atoms with Crippen molar-refractivity contribution < 1.29 is 14.6 Å². The van der Waals surface area contributed by atoms with Crippen LogP contribution in [0.15, 0.2) is 77.8 Å². The highest BCUT2D eigenvalue weighted by Crippen LogP contribution is 2.34. The van der Waals surface area contributed by atoms with E-state index in [-0.39, 0.29) is 18.0 Å². The molecule has 0 saturated heterocycles. The SMILES string of the molecule is CCOc1ccc(C2=NC(c3ccc(OC)cc3)NC(c3ccccc3O)C2)cc1. The number of phenolic OH excluding ortho intramolecular Hbond substituents is 1. The molecule has 30 heavy (non-hydrogen) atoms. The Morgan fingerprint density at radius 1 is 0.967 bits per heavy atom. The summed E-state index contributed by atoms with van der Waals surface area (Å²) in [4.78, 5) is 5.00. The van der Waals surface area contributed by atoms with E-state index < -0.39 is 0 Å². The molecule has 3 aromatic rings. The first-order valence-electron chi connectivity index (χ1n) is 10.2. The van der Waals surface area contributed by atoms with Crippen LogP contribution < -0.4 is 14.8 Å². The van der Waals surface area contributed by atoms with Gasteiger partial charge in [-0.25, -0.2) is 0 Å². The molecule has 3 aromatic carbocycles. The van der Waals surface area contributed by atoms with E-state index in [1.54, 1.807) is 13.2 Å². The topological polar surface area (TPSA) is 63.1 Å². The number of nitrogens with one attached hydrogen (secondary N) is 1. The van der Waals surface area contributed by atoms with E-state index in [4.69, 9.17) is 14.5 Å². The number of aromatic hydroxyl groups is 1. The van der Waals surface area contributed by atoms with E-state index >= 15 is 0 Å². The van der Waals surface area contributed by atoms with Gasteiger partial charge in [0.05, 0.1) is 13.7 Å². The molecule has 0 amide bonds. The summed E-state index contributed by atoms with van der Waals surface area (Å²) in [6.45, 7) is 2.61. The van der Waals surface area contributed by atoms with Crippen LogP contribution in [0.25, 0.3) is 0 Å². The summed E-state index contributed by atoms with van der Waals surface area (Å²) in [5.41, 5.74) is 3.96. The summed E-state index contributed by atoms with van der Waals surface area (Å²) in [5, 5.41) is 14.0. The van der Waals surface area contributed by atoms with Crippen LogP contribution in [0.5, 0.6) is 17.2 Å².